The number of nitrogens with zero attached hydrogens (tertiary/aromatic N) is 4. The van der Waals surface area contributed by atoms with Crippen molar-refractivity contribution < 1.29 is 22.7 Å². The molecule has 0 bridgehead atoms. The number of hydrogen-bond acceptors (Lipinski definition) is 4. The van der Waals surface area contributed by atoms with Crippen molar-refractivity contribution in [3.05, 3.63) is 60.7 Å². The molecule has 0 unspecified atom stereocenters. The number of carbonyl (C=O) groups excluding carboxylic acids is 1. The Morgan fingerprint density at radius 1 is 1.17 bits per heavy atom. The standard InChI is InChI=1S/C20H13F3N4O2/c21-16-7-14(29-19(22)23)5-6-17(16)26-11-13(8-24)27(20(26)28)18-10-25-9-12-3-1-2-4-15(12)18/h1-7,9-10,13,19H,11H2/t13-/m0/s1. The number of halogens is 3. The van der Waals surface area contributed by atoms with Crippen molar-refractivity contribution in [2.24, 2.45) is 0 Å². The number of urea groups is 1. The minimum Gasteiger partial charge on any atom is -0.435 e. The summed E-state index contributed by atoms with van der Waals surface area (Å²) in [6.07, 6.45) is 3.12. The van der Waals surface area contributed by atoms with E-state index in [0.717, 1.165) is 27.8 Å². The van der Waals surface area contributed by atoms with Crippen LogP contribution in [0, 0.1) is 17.1 Å². The predicted octanol–water partition coefficient (Wildman–Crippen LogP) is 4.31. The molecule has 2 aromatic carbocycles. The average molecular weight is 398 g/mol. The summed E-state index contributed by atoms with van der Waals surface area (Å²) in [7, 11) is 0. The lowest BCUT2D eigenvalue weighted by atomic mass is 10.1. The number of aromatic nitrogens is 1. The summed E-state index contributed by atoms with van der Waals surface area (Å²) < 4.78 is 43.3. The third-order valence-corrected chi connectivity index (χ3v) is 4.60. The van der Waals surface area contributed by atoms with Crippen molar-refractivity contribution >= 4 is 28.2 Å². The molecule has 0 aliphatic carbocycles. The van der Waals surface area contributed by atoms with Gasteiger partial charge in [0.25, 0.3) is 0 Å². The molecule has 6 nitrogen and oxygen atoms in total. The molecule has 0 saturated carbocycles. The normalized spacial score (nSPS) is 16.5. The third-order valence-electron chi connectivity index (χ3n) is 4.60. The fourth-order valence-electron chi connectivity index (χ4n) is 3.34. The number of amides is 2. The molecule has 1 aliphatic rings. The number of benzene rings is 2. The highest BCUT2D eigenvalue weighted by Gasteiger charge is 2.41. The molecule has 146 valence electrons. The lowest BCUT2D eigenvalue weighted by molar-refractivity contribution is -0.0499. The van der Waals surface area contributed by atoms with Crippen LogP contribution in [-0.4, -0.2) is 30.2 Å². The van der Waals surface area contributed by atoms with Gasteiger partial charge in [-0.05, 0) is 12.1 Å². The second-order valence-electron chi connectivity index (χ2n) is 6.28. The molecule has 1 aromatic heterocycles. The van der Waals surface area contributed by atoms with Gasteiger partial charge in [0, 0.05) is 23.0 Å². The van der Waals surface area contributed by atoms with Crippen molar-refractivity contribution in [3.63, 3.8) is 0 Å². The Hall–Kier alpha value is -3.80. The molecule has 0 N–H and O–H groups in total. The van der Waals surface area contributed by atoms with Crippen LogP contribution in [0.2, 0.25) is 0 Å². The van der Waals surface area contributed by atoms with E-state index in [1.807, 2.05) is 12.1 Å². The maximum atomic E-state index is 14.5. The Labute approximate surface area is 163 Å². The van der Waals surface area contributed by atoms with Gasteiger partial charge in [-0.1, -0.05) is 24.3 Å². The largest absolute Gasteiger partial charge is 0.435 e. The van der Waals surface area contributed by atoms with E-state index < -0.39 is 24.5 Å². The first kappa shape index (κ1) is 18.6. The predicted molar refractivity (Wildman–Crippen MR) is 99.4 cm³/mol. The number of nitriles is 1. The quantitative estimate of drug-likeness (QED) is 0.657. The van der Waals surface area contributed by atoms with E-state index in [4.69, 9.17) is 0 Å². The Balaban J connectivity index is 1.73. The number of alkyl halides is 2. The monoisotopic (exact) mass is 398 g/mol. The van der Waals surface area contributed by atoms with Gasteiger partial charge < -0.3 is 4.74 Å². The maximum Gasteiger partial charge on any atom is 0.387 e. The van der Waals surface area contributed by atoms with Crippen LogP contribution >= 0.6 is 0 Å². The van der Waals surface area contributed by atoms with E-state index in [-0.39, 0.29) is 18.0 Å². The highest BCUT2D eigenvalue weighted by Crippen LogP contribution is 2.34. The highest BCUT2D eigenvalue weighted by atomic mass is 19.3. The molecular weight excluding hydrogens is 385 g/mol. The number of pyridine rings is 1. The number of carbonyl (C=O) groups is 1. The molecule has 1 aliphatic heterocycles. The van der Waals surface area contributed by atoms with Gasteiger partial charge >= 0.3 is 12.6 Å². The van der Waals surface area contributed by atoms with Crippen LogP contribution < -0.4 is 14.5 Å². The Bertz CT molecular complexity index is 1130. The van der Waals surface area contributed by atoms with E-state index in [1.54, 1.807) is 18.3 Å². The van der Waals surface area contributed by atoms with Crippen LogP contribution in [-0.2, 0) is 0 Å². The zero-order chi connectivity index (χ0) is 20.5. The lowest BCUT2D eigenvalue weighted by Gasteiger charge is -2.21. The van der Waals surface area contributed by atoms with Gasteiger partial charge in [-0.15, -0.1) is 0 Å². The summed E-state index contributed by atoms with van der Waals surface area (Å²) in [5.41, 5.74) is 0.299. The molecule has 29 heavy (non-hydrogen) atoms. The van der Waals surface area contributed by atoms with E-state index in [2.05, 4.69) is 15.8 Å². The van der Waals surface area contributed by atoms with Gasteiger partial charge in [-0.3, -0.25) is 14.8 Å². The lowest BCUT2D eigenvalue weighted by Crippen LogP contribution is -2.35. The maximum absolute atomic E-state index is 14.5. The molecule has 1 atom stereocenters. The first-order valence-corrected chi connectivity index (χ1v) is 8.57. The molecule has 2 amide bonds. The van der Waals surface area contributed by atoms with Crippen molar-refractivity contribution in [2.75, 3.05) is 16.3 Å². The van der Waals surface area contributed by atoms with Crippen LogP contribution in [0.15, 0.2) is 54.9 Å². The fraction of sp³-hybridized carbons (Fsp3) is 0.150. The van der Waals surface area contributed by atoms with Crippen LogP contribution in [0.1, 0.15) is 0 Å². The summed E-state index contributed by atoms with van der Waals surface area (Å²) >= 11 is 0. The van der Waals surface area contributed by atoms with E-state index >= 15 is 0 Å². The molecular formula is C20H13F3N4O2. The van der Waals surface area contributed by atoms with Crippen molar-refractivity contribution in [3.8, 4) is 11.8 Å². The number of hydrogen-bond donors (Lipinski definition) is 0. The molecule has 4 rings (SSSR count). The van der Waals surface area contributed by atoms with Crippen molar-refractivity contribution in [2.45, 2.75) is 12.7 Å². The van der Waals surface area contributed by atoms with Gasteiger partial charge in [0.15, 0.2) is 5.82 Å². The van der Waals surface area contributed by atoms with Gasteiger partial charge in [0.2, 0.25) is 0 Å². The fourth-order valence-corrected chi connectivity index (χ4v) is 3.34. The second-order valence-corrected chi connectivity index (χ2v) is 6.28. The van der Waals surface area contributed by atoms with Crippen molar-refractivity contribution in [1.29, 1.82) is 5.26 Å². The van der Waals surface area contributed by atoms with Crippen LogP contribution in [0.4, 0.5) is 29.3 Å². The molecule has 2 heterocycles. The number of rotatable bonds is 4. The highest BCUT2D eigenvalue weighted by molar-refractivity contribution is 6.11. The molecule has 0 spiro atoms. The molecule has 1 saturated heterocycles. The van der Waals surface area contributed by atoms with Gasteiger partial charge in [-0.25, -0.2) is 9.18 Å². The smallest absolute Gasteiger partial charge is 0.387 e. The van der Waals surface area contributed by atoms with Crippen LogP contribution in [0.5, 0.6) is 5.75 Å². The first-order valence-electron chi connectivity index (χ1n) is 8.57. The van der Waals surface area contributed by atoms with Gasteiger partial charge in [-0.2, -0.15) is 14.0 Å². The Morgan fingerprint density at radius 2 is 1.97 bits per heavy atom. The van der Waals surface area contributed by atoms with Gasteiger partial charge in [0.1, 0.15) is 11.8 Å². The number of ether oxygens (including phenoxy) is 1. The topological polar surface area (TPSA) is 69.5 Å². The minimum atomic E-state index is -3.09. The second kappa shape index (κ2) is 7.31. The Morgan fingerprint density at radius 3 is 2.69 bits per heavy atom. The summed E-state index contributed by atoms with van der Waals surface area (Å²) in [6, 6.07) is 10.9. The van der Waals surface area contributed by atoms with E-state index in [1.165, 1.54) is 17.2 Å². The SMILES string of the molecule is N#C[C@H]1CN(c2ccc(OC(F)F)cc2F)C(=O)N1c1cncc2ccccc12. The molecule has 9 heteroatoms. The zero-order valence-corrected chi connectivity index (χ0v) is 14.8. The van der Waals surface area contributed by atoms with E-state index in [9.17, 15) is 23.2 Å². The Kier molecular flexibility index (Phi) is 4.68. The molecule has 0 radical (unpaired) electrons. The van der Waals surface area contributed by atoms with Crippen molar-refractivity contribution in [1.82, 2.24) is 4.98 Å². The zero-order valence-electron chi connectivity index (χ0n) is 14.8. The average Bonchev–Trinajstić information content (AvgIpc) is 3.03. The van der Waals surface area contributed by atoms with Crippen LogP contribution in [0.25, 0.3) is 10.8 Å². The first-order chi connectivity index (χ1) is 14.0. The minimum absolute atomic E-state index is 0.0927. The van der Waals surface area contributed by atoms with E-state index in [0.29, 0.717) is 5.69 Å². The molecule has 1 fully saturated rings. The summed E-state index contributed by atoms with van der Waals surface area (Å²) in [5, 5.41) is 11.1. The molecule has 3 aromatic rings. The number of anilines is 2. The van der Waals surface area contributed by atoms with Crippen LogP contribution in [0.3, 0.4) is 0 Å². The summed E-state index contributed by atoms with van der Waals surface area (Å²) in [5.74, 6) is -1.27. The summed E-state index contributed by atoms with van der Waals surface area (Å²) in [4.78, 5) is 19.6. The number of fused-ring (bicyclic) bond motifs is 1. The third kappa shape index (κ3) is 3.29. The van der Waals surface area contributed by atoms with Gasteiger partial charge in [0.05, 0.1) is 30.2 Å². The summed E-state index contributed by atoms with van der Waals surface area (Å²) in [6.45, 7) is -3.18.